The highest BCUT2D eigenvalue weighted by Gasteiger charge is 2.29. The number of anilines is 2. The van der Waals surface area contributed by atoms with Gasteiger partial charge in [-0.15, -0.1) is 0 Å². The van der Waals surface area contributed by atoms with E-state index < -0.39 is 5.60 Å². The summed E-state index contributed by atoms with van der Waals surface area (Å²) in [7, 11) is 0. The zero-order valence-electron chi connectivity index (χ0n) is 24.6. The highest BCUT2D eigenvalue weighted by Crippen LogP contribution is 2.40. The Kier molecular flexibility index (Phi) is 10.7. The van der Waals surface area contributed by atoms with Crippen LogP contribution in [0.15, 0.2) is 24.4 Å². The summed E-state index contributed by atoms with van der Waals surface area (Å²) in [4.78, 5) is 20.8. The summed E-state index contributed by atoms with van der Waals surface area (Å²) in [5, 5.41) is 0.432. The van der Waals surface area contributed by atoms with Crippen molar-refractivity contribution in [2.45, 2.75) is 78.9 Å². The summed E-state index contributed by atoms with van der Waals surface area (Å²) in [6.45, 7) is 17.9. The maximum absolute atomic E-state index is 12.4. The fraction of sp³-hybridized carbons (Fsp3) is 0.600. The Bertz CT molecular complexity index is 1080. The van der Waals surface area contributed by atoms with Crippen LogP contribution in [0.1, 0.15) is 83.1 Å². The Hall–Kier alpha value is -2.71. The van der Waals surface area contributed by atoms with Gasteiger partial charge in [0, 0.05) is 38.1 Å². The molecule has 1 amide bonds. The molecule has 4 rings (SSSR count). The molecule has 39 heavy (non-hydrogen) atoms. The van der Waals surface area contributed by atoms with Crippen molar-refractivity contribution in [2.75, 3.05) is 50.0 Å². The van der Waals surface area contributed by atoms with Crippen LogP contribution in [-0.4, -0.2) is 61.0 Å². The molecule has 2 N–H and O–H groups in total. The zero-order chi connectivity index (χ0) is 28.7. The van der Waals surface area contributed by atoms with Crippen LogP contribution in [0.4, 0.5) is 16.2 Å². The SMILES string of the molecule is CC.Cc1cc(C2CCN(C(=O)OC(C)(C)C)CC2)cc(N)c1OC(C)c1c(N2CCOCC2)ccnc1Cl. The summed E-state index contributed by atoms with van der Waals surface area (Å²) < 4.78 is 17.5. The lowest BCUT2D eigenvalue weighted by Gasteiger charge is -2.34. The molecule has 3 heterocycles. The number of morpholine rings is 1. The molecule has 1 atom stereocenters. The van der Waals surface area contributed by atoms with E-state index >= 15 is 0 Å². The standard InChI is InChI=1S/C28H39ClN4O4.C2H6/c1-18-16-21(20-7-10-33(11-8-20)27(34)37-28(3,4)5)17-22(30)25(18)36-19(2)24-23(6-9-31-26(24)29)32-12-14-35-15-13-32;1-2/h6,9,16-17,19-20H,7-8,10-15,30H2,1-5H3;1-2H3. The number of likely N-dealkylation sites (tertiary alicyclic amines) is 1. The van der Waals surface area contributed by atoms with E-state index in [9.17, 15) is 4.79 Å². The van der Waals surface area contributed by atoms with E-state index in [1.807, 2.05) is 60.6 Å². The van der Waals surface area contributed by atoms with E-state index in [1.165, 1.54) is 5.56 Å². The molecule has 8 nitrogen and oxygen atoms in total. The molecule has 2 fully saturated rings. The van der Waals surface area contributed by atoms with Crippen LogP contribution in [0.25, 0.3) is 0 Å². The van der Waals surface area contributed by atoms with E-state index in [0.717, 1.165) is 42.7 Å². The molecule has 9 heteroatoms. The number of halogens is 1. The van der Waals surface area contributed by atoms with Crippen molar-refractivity contribution in [2.24, 2.45) is 0 Å². The Labute approximate surface area is 238 Å². The first-order chi connectivity index (χ1) is 18.5. The first-order valence-corrected chi connectivity index (χ1v) is 14.4. The van der Waals surface area contributed by atoms with Crippen molar-refractivity contribution >= 4 is 29.1 Å². The number of carbonyl (C=O) groups is 1. The van der Waals surface area contributed by atoms with Gasteiger partial charge in [-0.2, -0.15) is 0 Å². The van der Waals surface area contributed by atoms with Crippen LogP contribution in [-0.2, 0) is 9.47 Å². The topological polar surface area (TPSA) is 90.2 Å². The number of rotatable bonds is 5. The van der Waals surface area contributed by atoms with Gasteiger partial charge in [-0.1, -0.05) is 31.5 Å². The van der Waals surface area contributed by atoms with Crippen LogP contribution in [0, 0.1) is 6.92 Å². The lowest BCUT2D eigenvalue weighted by Crippen LogP contribution is -2.41. The lowest BCUT2D eigenvalue weighted by molar-refractivity contribution is 0.0205. The van der Waals surface area contributed by atoms with E-state index in [-0.39, 0.29) is 12.2 Å². The number of aromatic nitrogens is 1. The lowest BCUT2D eigenvalue weighted by atomic mass is 9.88. The fourth-order valence-corrected chi connectivity index (χ4v) is 5.39. The van der Waals surface area contributed by atoms with E-state index in [4.69, 9.17) is 31.5 Å². The van der Waals surface area contributed by atoms with Gasteiger partial charge in [0.1, 0.15) is 22.6 Å². The summed E-state index contributed by atoms with van der Waals surface area (Å²) in [5.74, 6) is 0.988. The minimum absolute atomic E-state index is 0.245. The van der Waals surface area contributed by atoms with Crippen molar-refractivity contribution in [1.82, 2.24) is 9.88 Å². The van der Waals surface area contributed by atoms with E-state index in [0.29, 0.717) is 48.8 Å². The van der Waals surface area contributed by atoms with Gasteiger partial charge in [-0.25, -0.2) is 9.78 Å². The third kappa shape index (κ3) is 7.92. The van der Waals surface area contributed by atoms with Gasteiger partial charge in [-0.05, 0) is 76.6 Å². The second-order valence-corrected chi connectivity index (χ2v) is 11.2. The Morgan fingerprint density at radius 2 is 1.79 bits per heavy atom. The van der Waals surface area contributed by atoms with E-state index in [2.05, 4.69) is 16.0 Å². The number of aryl methyl sites for hydroxylation is 1. The van der Waals surface area contributed by atoms with Gasteiger partial charge in [0.25, 0.3) is 0 Å². The van der Waals surface area contributed by atoms with Crippen LogP contribution in [0.5, 0.6) is 5.75 Å². The molecule has 0 spiro atoms. The summed E-state index contributed by atoms with van der Waals surface area (Å²) in [6.07, 6.45) is 2.87. The molecule has 0 saturated carbocycles. The van der Waals surface area contributed by atoms with Gasteiger partial charge in [-0.3, -0.25) is 0 Å². The number of amides is 1. The third-order valence-electron chi connectivity index (χ3n) is 6.92. The molecule has 1 aromatic heterocycles. The van der Waals surface area contributed by atoms with Gasteiger partial charge in [0.2, 0.25) is 0 Å². The summed E-state index contributed by atoms with van der Waals surface area (Å²) >= 11 is 6.57. The smallest absolute Gasteiger partial charge is 0.410 e. The zero-order valence-corrected chi connectivity index (χ0v) is 25.3. The van der Waals surface area contributed by atoms with Crippen molar-refractivity contribution in [1.29, 1.82) is 0 Å². The molecular weight excluding hydrogens is 516 g/mol. The van der Waals surface area contributed by atoms with Gasteiger partial charge in [0.15, 0.2) is 0 Å². The second kappa shape index (κ2) is 13.6. The maximum atomic E-state index is 12.4. The molecule has 0 aliphatic carbocycles. The van der Waals surface area contributed by atoms with Crippen molar-refractivity contribution in [3.8, 4) is 5.75 Å². The van der Waals surface area contributed by atoms with Crippen LogP contribution in [0.3, 0.4) is 0 Å². The normalized spacial score (nSPS) is 17.2. The van der Waals surface area contributed by atoms with Crippen molar-refractivity contribution < 1.29 is 19.0 Å². The monoisotopic (exact) mass is 560 g/mol. The number of benzene rings is 1. The molecule has 1 aromatic carbocycles. The molecule has 2 aromatic rings. The Morgan fingerprint density at radius 3 is 2.38 bits per heavy atom. The number of hydrogen-bond acceptors (Lipinski definition) is 7. The number of nitrogens with two attached hydrogens (primary N) is 1. The molecule has 0 bridgehead atoms. The van der Waals surface area contributed by atoms with Crippen LogP contribution >= 0.6 is 11.6 Å². The predicted molar refractivity (Wildman–Crippen MR) is 158 cm³/mol. The molecular formula is C30H45ClN4O4. The molecule has 2 saturated heterocycles. The van der Waals surface area contributed by atoms with Gasteiger partial charge >= 0.3 is 6.09 Å². The summed E-state index contributed by atoms with van der Waals surface area (Å²) in [5.41, 5.74) is 10.7. The quantitative estimate of drug-likeness (QED) is 0.320. The van der Waals surface area contributed by atoms with Crippen molar-refractivity contribution in [3.63, 3.8) is 0 Å². The number of nitrogen functional groups attached to an aromatic ring is 1. The van der Waals surface area contributed by atoms with Gasteiger partial charge < -0.3 is 29.7 Å². The molecule has 216 valence electrons. The highest BCUT2D eigenvalue weighted by atomic mass is 35.5. The minimum Gasteiger partial charge on any atom is -0.483 e. The number of piperidine rings is 1. The number of carbonyl (C=O) groups excluding carboxylic acids is 1. The molecule has 0 radical (unpaired) electrons. The number of ether oxygens (including phenoxy) is 3. The maximum Gasteiger partial charge on any atom is 0.410 e. The molecule has 2 aliphatic heterocycles. The second-order valence-electron chi connectivity index (χ2n) is 10.9. The minimum atomic E-state index is -0.491. The first-order valence-electron chi connectivity index (χ1n) is 14.0. The van der Waals surface area contributed by atoms with Crippen LogP contribution in [0.2, 0.25) is 5.15 Å². The fourth-order valence-electron chi connectivity index (χ4n) is 5.08. The number of nitrogens with zero attached hydrogens (tertiary/aromatic N) is 3. The first kappa shape index (κ1) is 30.8. The highest BCUT2D eigenvalue weighted by molar-refractivity contribution is 6.30. The third-order valence-corrected chi connectivity index (χ3v) is 7.22. The van der Waals surface area contributed by atoms with Gasteiger partial charge in [0.05, 0.1) is 24.5 Å². The number of hydrogen-bond donors (Lipinski definition) is 1. The molecule has 2 aliphatic rings. The summed E-state index contributed by atoms with van der Waals surface area (Å²) in [6, 6.07) is 6.14. The Morgan fingerprint density at radius 1 is 1.15 bits per heavy atom. The average Bonchev–Trinajstić information content (AvgIpc) is 2.91. The average molecular weight is 561 g/mol. The Balaban J connectivity index is 0.00000205. The largest absolute Gasteiger partial charge is 0.483 e. The number of pyridine rings is 1. The molecule has 1 unspecified atom stereocenters. The van der Waals surface area contributed by atoms with E-state index in [1.54, 1.807) is 11.1 Å². The van der Waals surface area contributed by atoms with Crippen LogP contribution < -0.4 is 15.4 Å². The predicted octanol–water partition coefficient (Wildman–Crippen LogP) is 6.74. The van der Waals surface area contributed by atoms with Crippen molar-refractivity contribution in [3.05, 3.63) is 46.2 Å².